The molecule has 0 fully saturated rings. The highest BCUT2D eigenvalue weighted by Crippen LogP contribution is 2.19. The van der Waals surface area contributed by atoms with E-state index < -0.39 is 26.6 Å². The predicted molar refractivity (Wildman–Crippen MR) is 82.9 cm³/mol. The van der Waals surface area contributed by atoms with Crippen molar-refractivity contribution in [3.05, 3.63) is 59.7 Å². The van der Waals surface area contributed by atoms with Crippen LogP contribution in [-0.4, -0.2) is 21.6 Å². The van der Waals surface area contributed by atoms with E-state index in [1.54, 1.807) is 6.07 Å². The molecule has 2 aromatic carbocycles. The van der Waals surface area contributed by atoms with Gasteiger partial charge >= 0.3 is 0 Å². The molecule has 2 rings (SSSR count). The fourth-order valence-electron chi connectivity index (χ4n) is 2.10. The highest BCUT2D eigenvalue weighted by atomic mass is 32.2. The van der Waals surface area contributed by atoms with E-state index in [2.05, 4.69) is 4.72 Å². The molecule has 0 bridgehead atoms. The zero-order valence-electron chi connectivity index (χ0n) is 12.6. The minimum absolute atomic E-state index is 0.0727. The summed E-state index contributed by atoms with van der Waals surface area (Å²) in [4.78, 5) is -0.572. The molecule has 0 aliphatic heterocycles. The summed E-state index contributed by atoms with van der Waals surface area (Å²) in [5, 5.41) is 0. The fraction of sp³-hybridized carbons (Fsp3) is 0.250. The van der Waals surface area contributed by atoms with Crippen molar-refractivity contribution in [1.29, 1.82) is 0 Å². The van der Waals surface area contributed by atoms with Crippen LogP contribution in [0.1, 0.15) is 12.5 Å². The van der Waals surface area contributed by atoms with Crippen LogP contribution in [0.5, 0.6) is 5.75 Å². The van der Waals surface area contributed by atoms with E-state index in [-0.39, 0.29) is 6.54 Å². The Kier molecular flexibility index (Phi) is 5.68. The molecule has 7 heteroatoms. The monoisotopic (exact) mass is 341 g/mol. The van der Waals surface area contributed by atoms with Gasteiger partial charge in [0.2, 0.25) is 10.0 Å². The van der Waals surface area contributed by atoms with E-state index in [1.165, 1.54) is 0 Å². The molecule has 0 radical (unpaired) electrons. The Balaban J connectivity index is 2.06. The number of ether oxygens (including phenoxy) is 1. The fourth-order valence-corrected chi connectivity index (χ4v) is 3.19. The number of benzene rings is 2. The van der Waals surface area contributed by atoms with Gasteiger partial charge in [-0.2, -0.15) is 0 Å². The summed E-state index contributed by atoms with van der Waals surface area (Å²) in [7, 11) is -4.04. The summed E-state index contributed by atoms with van der Waals surface area (Å²) >= 11 is 0. The lowest BCUT2D eigenvalue weighted by Crippen LogP contribution is -2.27. The molecule has 0 saturated carbocycles. The second kappa shape index (κ2) is 7.52. The molecular weight excluding hydrogens is 324 g/mol. The summed E-state index contributed by atoms with van der Waals surface area (Å²) in [6.45, 7) is 2.43. The van der Waals surface area contributed by atoms with Crippen LogP contribution in [-0.2, 0) is 16.4 Å². The maximum absolute atomic E-state index is 13.6. The van der Waals surface area contributed by atoms with E-state index in [0.717, 1.165) is 17.7 Å². The summed E-state index contributed by atoms with van der Waals surface area (Å²) in [6, 6.07) is 9.63. The quantitative estimate of drug-likeness (QED) is 0.842. The zero-order chi connectivity index (χ0) is 16.9. The predicted octanol–water partition coefficient (Wildman–Crippen LogP) is 2.88. The van der Waals surface area contributed by atoms with Crippen molar-refractivity contribution in [2.24, 2.45) is 0 Å². The lowest BCUT2D eigenvalue weighted by atomic mass is 10.1. The summed E-state index contributed by atoms with van der Waals surface area (Å²) < 4.78 is 58.3. The average Bonchev–Trinajstić information content (AvgIpc) is 2.48. The Hall–Kier alpha value is -1.99. The van der Waals surface area contributed by atoms with Crippen LogP contribution in [0.15, 0.2) is 47.4 Å². The number of nitrogens with one attached hydrogen (secondary N) is 1. The largest absolute Gasteiger partial charge is 0.494 e. The van der Waals surface area contributed by atoms with Gasteiger partial charge in [0.15, 0.2) is 0 Å². The van der Waals surface area contributed by atoms with Crippen LogP contribution in [0.4, 0.5) is 8.78 Å². The first-order chi connectivity index (χ1) is 10.9. The standard InChI is InChI=1S/C16H17F2NO3S/c1-2-22-15-6-4-3-5-12(15)9-10-19-23(20,21)16-8-7-13(17)11-14(16)18/h3-8,11,19H,2,9-10H2,1H3. The van der Waals surface area contributed by atoms with Crippen molar-refractivity contribution in [3.63, 3.8) is 0 Å². The Morgan fingerprint density at radius 3 is 2.57 bits per heavy atom. The average molecular weight is 341 g/mol. The Bertz CT molecular complexity index is 779. The van der Waals surface area contributed by atoms with Crippen LogP contribution >= 0.6 is 0 Å². The first-order valence-corrected chi connectivity index (χ1v) is 8.58. The molecule has 124 valence electrons. The number of rotatable bonds is 7. The van der Waals surface area contributed by atoms with Crippen molar-refractivity contribution in [3.8, 4) is 5.75 Å². The van der Waals surface area contributed by atoms with Crippen molar-refractivity contribution in [1.82, 2.24) is 4.72 Å². The number of hydrogen-bond donors (Lipinski definition) is 1. The lowest BCUT2D eigenvalue weighted by Gasteiger charge is -2.11. The van der Waals surface area contributed by atoms with Crippen LogP contribution in [0.3, 0.4) is 0 Å². The molecular formula is C16H17F2NO3S. The summed E-state index contributed by atoms with van der Waals surface area (Å²) in [5.41, 5.74) is 0.844. The lowest BCUT2D eigenvalue weighted by molar-refractivity contribution is 0.336. The zero-order valence-corrected chi connectivity index (χ0v) is 13.4. The van der Waals surface area contributed by atoms with Gasteiger partial charge in [-0.25, -0.2) is 21.9 Å². The molecule has 1 N–H and O–H groups in total. The van der Waals surface area contributed by atoms with Gasteiger partial charge in [0, 0.05) is 12.6 Å². The minimum atomic E-state index is -4.04. The molecule has 0 atom stereocenters. The normalized spacial score (nSPS) is 11.4. The van der Waals surface area contributed by atoms with Gasteiger partial charge in [-0.3, -0.25) is 0 Å². The van der Waals surface area contributed by atoms with Crippen LogP contribution in [0.2, 0.25) is 0 Å². The third-order valence-corrected chi connectivity index (χ3v) is 4.64. The van der Waals surface area contributed by atoms with E-state index in [0.29, 0.717) is 24.8 Å². The summed E-state index contributed by atoms with van der Waals surface area (Å²) in [6.07, 6.45) is 0.387. The highest BCUT2D eigenvalue weighted by Gasteiger charge is 2.19. The van der Waals surface area contributed by atoms with Gasteiger partial charge in [-0.05, 0) is 37.1 Å². The van der Waals surface area contributed by atoms with Crippen LogP contribution in [0.25, 0.3) is 0 Å². The molecule has 0 aromatic heterocycles. The van der Waals surface area contributed by atoms with Gasteiger partial charge in [0.05, 0.1) is 6.61 Å². The number of halogens is 2. The van der Waals surface area contributed by atoms with Gasteiger partial charge in [-0.15, -0.1) is 0 Å². The molecule has 2 aromatic rings. The van der Waals surface area contributed by atoms with Gasteiger partial charge in [0.25, 0.3) is 0 Å². The molecule has 0 saturated heterocycles. The molecule has 0 amide bonds. The van der Waals surface area contributed by atoms with E-state index >= 15 is 0 Å². The van der Waals surface area contributed by atoms with E-state index in [9.17, 15) is 17.2 Å². The molecule has 0 heterocycles. The molecule has 4 nitrogen and oxygen atoms in total. The van der Waals surface area contributed by atoms with Crippen molar-refractivity contribution in [2.45, 2.75) is 18.2 Å². The third-order valence-electron chi connectivity index (χ3n) is 3.14. The maximum atomic E-state index is 13.6. The van der Waals surface area contributed by atoms with Crippen LogP contribution < -0.4 is 9.46 Å². The second-order valence-electron chi connectivity index (χ2n) is 4.76. The molecule has 0 unspecified atom stereocenters. The van der Waals surface area contributed by atoms with Crippen molar-refractivity contribution >= 4 is 10.0 Å². The van der Waals surface area contributed by atoms with Crippen molar-refractivity contribution in [2.75, 3.05) is 13.2 Å². The Morgan fingerprint density at radius 1 is 1.13 bits per heavy atom. The van der Waals surface area contributed by atoms with Gasteiger partial charge < -0.3 is 4.74 Å². The van der Waals surface area contributed by atoms with E-state index in [1.807, 2.05) is 25.1 Å². The van der Waals surface area contributed by atoms with Crippen molar-refractivity contribution < 1.29 is 21.9 Å². The highest BCUT2D eigenvalue weighted by molar-refractivity contribution is 7.89. The van der Waals surface area contributed by atoms with Gasteiger partial charge in [0.1, 0.15) is 22.3 Å². The molecule has 0 aliphatic carbocycles. The first kappa shape index (κ1) is 17.4. The third kappa shape index (κ3) is 4.49. The number of para-hydroxylation sites is 1. The molecule has 23 heavy (non-hydrogen) atoms. The SMILES string of the molecule is CCOc1ccccc1CCNS(=O)(=O)c1ccc(F)cc1F. The maximum Gasteiger partial charge on any atom is 0.243 e. The smallest absolute Gasteiger partial charge is 0.243 e. The number of sulfonamides is 1. The minimum Gasteiger partial charge on any atom is -0.494 e. The van der Waals surface area contributed by atoms with Gasteiger partial charge in [-0.1, -0.05) is 18.2 Å². The Labute approximate surface area is 134 Å². The Morgan fingerprint density at radius 2 is 1.87 bits per heavy atom. The van der Waals surface area contributed by atoms with E-state index in [4.69, 9.17) is 4.74 Å². The second-order valence-corrected chi connectivity index (χ2v) is 6.50. The molecule has 0 spiro atoms. The first-order valence-electron chi connectivity index (χ1n) is 7.09. The summed E-state index contributed by atoms with van der Waals surface area (Å²) in [5.74, 6) is -1.26. The molecule has 0 aliphatic rings. The topological polar surface area (TPSA) is 55.4 Å². The van der Waals surface area contributed by atoms with Crippen LogP contribution in [0, 0.1) is 11.6 Å². The number of hydrogen-bond acceptors (Lipinski definition) is 3.